The van der Waals surface area contributed by atoms with Gasteiger partial charge >= 0.3 is 0 Å². The maximum absolute atomic E-state index is 12.1. The zero-order valence-corrected chi connectivity index (χ0v) is 14.3. The molecule has 3 aromatic rings. The minimum absolute atomic E-state index is 0.0792. The highest BCUT2D eigenvalue weighted by Crippen LogP contribution is 2.19. The van der Waals surface area contributed by atoms with Gasteiger partial charge in [0.1, 0.15) is 23.3 Å². The zero-order valence-electron chi connectivity index (χ0n) is 14.3. The standard InChI is InChI=1S/C19H21N3O3/c1-14(25-17-7-5-6-16(11-17)24-2)12-20-19(23)10-15-13-22-9-4-3-8-18(22)21-15/h3-9,11,13-14H,10,12H2,1-2H3,(H,20,23)/t14-/m0/s1. The highest BCUT2D eigenvalue weighted by molar-refractivity contribution is 5.78. The first-order valence-electron chi connectivity index (χ1n) is 8.14. The number of methoxy groups -OCH3 is 1. The summed E-state index contributed by atoms with van der Waals surface area (Å²) in [5, 5.41) is 2.88. The summed E-state index contributed by atoms with van der Waals surface area (Å²) in [5.41, 5.74) is 1.57. The fourth-order valence-corrected chi connectivity index (χ4v) is 2.51. The van der Waals surface area contributed by atoms with Gasteiger partial charge in [0.2, 0.25) is 5.91 Å². The second-order valence-electron chi connectivity index (χ2n) is 5.79. The molecular weight excluding hydrogens is 318 g/mol. The van der Waals surface area contributed by atoms with E-state index in [0.29, 0.717) is 12.3 Å². The molecule has 0 spiro atoms. The summed E-state index contributed by atoms with van der Waals surface area (Å²) < 4.78 is 12.9. The van der Waals surface area contributed by atoms with Crippen LogP contribution in [0.3, 0.4) is 0 Å². The Balaban J connectivity index is 1.49. The minimum atomic E-state index is -0.155. The number of nitrogens with zero attached hydrogens (tertiary/aromatic N) is 2. The van der Waals surface area contributed by atoms with Gasteiger partial charge in [0.15, 0.2) is 0 Å². The maximum atomic E-state index is 12.1. The third kappa shape index (κ3) is 4.50. The first-order chi connectivity index (χ1) is 12.1. The summed E-state index contributed by atoms with van der Waals surface area (Å²) in [4.78, 5) is 16.5. The molecule has 0 saturated carbocycles. The van der Waals surface area contributed by atoms with Gasteiger partial charge in [-0.1, -0.05) is 12.1 Å². The molecule has 0 aliphatic rings. The topological polar surface area (TPSA) is 64.9 Å². The number of rotatable bonds is 7. The number of aromatic nitrogens is 2. The quantitative estimate of drug-likeness (QED) is 0.718. The number of amides is 1. The molecule has 0 radical (unpaired) electrons. The second kappa shape index (κ2) is 7.70. The second-order valence-corrected chi connectivity index (χ2v) is 5.79. The summed E-state index contributed by atoms with van der Waals surface area (Å²) in [6.07, 6.45) is 3.86. The van der Waals surface area contributed by atoms with Gasteiger partial charge in [-0.25, -0.2) is 4.98 Å². The molecule has 0 unspecified atom stereocenters. The molecule has 0 aliphatic carbocycles. The Morgan fingerprint density at radius 2 is 2.08 bits per heavy atom. The Hall–Kier alpha value is -3.02. The molecule has 1 amide bonds. The summed E-state index contributed by atoms with van der Waals surface area (Å²) in [6.45, 7) is 2.33. The van der Waals surface area contributed by atoms with Crippen molar-refractivity contribution in [2.45, 2.75) is 19.4 Å². The van der Waals surface area contributed by atoms with E-state index in [1.807, 2.05) is 66.2 Å². The van der Waals surface area contributed by atoms with Gasteiger partial charge in [0, 0.05) is 18.5 Å². The molecule has 1 atom stereocenters. The predicted octanol–water partition coefficient (Wildman–Crippen LogP) is 2.47. The van der Waals surface area contributed by atoms with E-state index in [2.05, 4.69) is 10.3 Å². The SMILES string of the molecule is COc1cccc(O[C@@H](C)CNC(=O)Cc2cn3ccccc3n2)c1. The van der Waals surface area contributed by atoms with Gasteiger partial charge in [-0.2, -0.15) is 0 Å². The molecule has 3 rings (SSSR count). The van der Waals surface area contributed by atoms with E-state index < -0.39 is 0 Å². The van der Waals surface area contributed by atoms with E-state index >= 15 is 0 Å². The number of carbonyl (C=O) groups excluding carboxylic acids is 1. The lowest BCUT2D eigenvalue weighted by atomic mass is 10.3. The molecule has 2 aromatic heterocycles. The van der Waals surface area contributed by atoms with Gasteiger partial charge in [-0.05, 0) is 31.2 Å². The zero-order chi connectivity index (χ0) is 17.6. The van der Waals surface area contributed by atoms with Gasteiger partial charge in [-0.3, -0.25) is 4.79 Å². The molecule has 25 heavy (non-hydrogen) atoms. The van der Waals surface area contributed by atoms with Crippen LogP contribution in [0.2, 0.25) is 0 Å². The molecular formula is C19H21N3O3. The van der Waals surface area contributed by atoms with Crippen molar-refractivity contribution < 1.29 is 14.3 Å². The van der Waals surface area contributed by atoms with Crippen LogP contribution in [0.1, 0.15) is 12.6 Å². The van der Waals surface area contributed by atoms with E-state index in [9.17, 15) is 4.79 Å². The third-order valence-electron chi connectivity index (χ3n) is 3.72. The van der Waals surface area contributed by atoms with Crippen LogP contribution in [0.15, 0.2) is 54.9 Å². The van der Waals surface area contributed by atoms with Crippen molar-refractivity contribution in [3.63, 3.8) is 0 Å². The molecule has 2 heterocycles. The Bertz CT molecular complexity index is 827. The van der Waals surface area contributed by atoms with Crippen molar-refractivity contribution in [3.05, 3.63) is 60.6 Å². The average molecular weight is 339 g/mol. The van der Waals surface area contributed by atoms with Crippen molar-refractivity contribution in [3.8, 4) is 11.5 Å². The van der Waals surface area contributed by atoms with Crippen molar-refractivity contribution in [2.75, 3.05) is 13.7 Å². The van der Waals surface area contributed by atoms with Crippen molar-refractivity contribution >= 4 is 11.6 Å². The summed E-state index contributed by atoms with van der Waals surface area (Å²) >= 11 is 0. The normalized spacial score (nSPS) is 11.9. The smallest absolute Gasteiger partial charge is 0.226 e. The molecule has 130 valence electrons. The number of pyridine rings is 1. The van der Waals surface area contributed by atoms with E-state index in [1.54, 1.807) is 7.11 Å². The van der Waals surface area contributed by atoms with E-state index in [-0.39, 0.29) is 18.4 Å². The average Bonchev–Trinajstić information content (AvgIpc) is 3.02. The Morgan fingerprint density at radius 3 is 2.88 bits per heavy atom. The molecule has 0 bridgehead atoms. The van der Waals surface area contributed by atoms with Gasteiger partial charge in [0.25, 0.3) is 0 Å². The number of hydrogen-bond donors (Lipinski definition) is 1. The van der Waals surface area contributed by atoms with Gasteiger partial charge in [0.05, 0.1) is 25.8 Å². The number of carbonyl (C=O) groups is 1. The molecule has 6 heteroatoms. The first kappa shape index (κ1) is 16.8. The largest absolute Gasteiger partial charge is 0.497 e. The Kier molecular flexibility index (Phi) is 5.18. The van der Waals surface area contributed by atoms with Crippen LogP contribution in [0.4, 0.5) is 0 Å². The summed E-state index contributed by atoms with van der Waals surface area (Å²) in [6, 6.07) is 13.1. The number of hydrogen-bond acceptors (Lipinski definition) is 4. The summed E-state index contributed by atoms with van der Waals surface area (Å²) in [5.74, 6) is 1.37. The number of imidazole rings is 1. The van der Waals surface area contributed by atoms with Crippen molar-refractivity contribution in [1.82, 2.24) is 14.7 Å². The van der Waals surface area contributed by atoms with E-state index in [0.717, 1.165) is 17.1 Å². The van der Waals surface area contributed by atoms with Crippen LogP contribution >= 0.6 is 0 Å². The number of benzene rings is 1. The highest BCUT2D eigenvalue weighted by Gasteiger charge is 2.10. The third-order valence-corrected chi connectivity index (χ3v) is 3.72. The van der Waals surface area contributed by atoms with Crippen LogP contribution in [0.25, 0.3) is 5.65 Å². The van der Waals surface area contributed by atoms with Crippen molar-refractivity contribution in [1.29, 1.82) is 0 Å². The van der Waals surface area contributed by atoms with Crippen LogP contribution in [-0.2, 0) is 11.2 Å². The van der Waals surface area contributed by atoms with Crippen LogP contribution in [0.5, 0.6) is 11.5 Å². The van der Waals surface area contributed by atoms with Crippen molar-refractivity contribution in [2.24, 2.45) is 0 Å². The fourth-order valence-electron chi connectivity index (χ4n) is 2.51. The lowest BCUT2D eigenvalue weighted by Crippen LogP contribution is -2.34. The molecule has 0 saturated heterocycles. The molecule has 0 aliphatic heterocycles. The Morgan fingerprint density at radius 1 is 1.24 bits per heavy atom. The van der Waals surface area contributed by atoms with E-state index in [1.165, 1.54) is 0 Å². The highest BCUT2D eigenvalue weighted by atomic mass is 16.5. The lowest BCUT2D eigenvalue weighted by molar-refractivity contribution is -0.120. The van der Waals surface area contributed by atoms with Crippen LogP contribution in [0, 0.1) is 0 Å². The molecule has 1 N–H and O–H groups in total. The molecule has 0 fully saturated rings. The minimum Gasteiger partial charge on any atom is -0.497 e. The van der Waals surface area contributed by atoms with Crippen LogP contribution in [-0.4, -0.2) is 35.1 Å². The Labute approximate surface area is 146 Å². The lowest BCUT2D eigenvalue weighted by Gasteiger charge is -2.15. The molecule has 6 nitrogen and oxygen atoms in total. The fraction of sp³-hybridized carbons (Fsp3) is 0.263. The maximum Gasteiger partial charge on any atom is 0.226 e. The summed E-state index contributed by atoms with van der Waals surface area (Å²) in [7, 11) is 1.61. The van der Waals surface area contributed by atoms with Crippen LogP contribution < -0.4 is 14.8 Å². The van der Waals surface area contributed by atoms with E-state index in [4.69, 9.17) is 9.47 Å². The number of fused-ring (bicyclic) bond motifs is 1. The number of nitrogens with one attached hydrogen (secondary N) is 1. The van der Waals surface area contributed by atoms with Gasteiger partial charge in [-0.15, -0.1) is 0 Å². The predicted molar refractivity (Wildman–Crippen MR) is 95.0 cm³/mol. The molecule has 1 aromatic carbocycles. The first-order valence-corrected chi connectivity index (χ1v) is 8.14. The number of ether oxygens (including phenoxy) is 2. The monoisotopic (exact) mass is 339 g/mol. The van der Waals surface area contributed by atoms with Gasteiger partial charge < -0.3 is 19.2 Å².